The Morgan fingerprint density at radius 2 is 1.94 bits per heavy atom. The summed E-state index contributed by atoms with van der Waals surface area (Å²) in [4.78, 5) is 31.0. The molecule has 1 saturated carbocycles. The third-order valence-electron chi connectivity index (χ3n) is 5.88. The van der Waals surface area contributed by atoms with Crippen molar-refractivity contribution in [2.24, 2.45) is 5.73 Å². The van der Waals surface area contributed by atoms with E-state index >= 15 is 0 Å². The number of amides is 2. The van der Waals surface area contributed by atoms with Gasteiger partial charge < -0.3 is 19.9 Å². The third kappa shape index (κ3) is 5.61. The maximum absolute atomic E-state index is 13.2. The molecule has 31 heavy (non-hydrogen) atoms. The van der Waals surface area contributed by atoms with Crippen molar-refractivity contribution in [2.45, 2.75) is 63.6 Å². The summed E-state index contributed by atoms with van der Waals surface area (Å²) in [7, 11) is 1.57. The average molecular weight is 445 g/mol. The van der Waals surface area contributed by atoms with E-state index in [1.807, 2.05) is 25.1 Å². The molecule has 0 saturated heterocycles. The Labute approximate surface area is 188 Å². The maximum atomic E-state index is 13.2. The minimum Gasteiger partial charge on any atom is -0.495 e. The summed E-state index contributed by atoms with van der Waals surface area (Å²) in [5.74, 6) is 0.254. The molecule has 3 rings (SSSR count). The number of ether oxygens (including phenoxy) is 1. The number of anilines is 1. The molecule has 168 valence electrons. The molecule has 1 fully saturated rings. The van der Waals surface area contributed by atoms with Gasteiger partial charge in [0.2, 0.25) is 11.8 Å². The quantitative estimate of drug-likeness (QED) is 0.590. The highest BCUT2D eigenvalue weighted by atomic mass is 32.2. The minimum absolute atomic E-state index is 0.0867. The van der Waals surface area contributed by atoms with Crippen LogP contribution in [0.4, 0.5) is 5.69 Å². The molecule has 0 unspecified atom stereocenters. The molecule has 1 heterocycles. The second kappa shape index (κ2) is 10.7. The summed E-state index contributed by atoms with van der Waals surface area (Å²) in [6.07, 6.45) is 6.16. The number of thioether (sulfide) groups is 1. The molecule has 1 aliphatic carbocycles. The average Bonchev–Trinajstić information content (AvgIpc) is 3.06. The lowest BCUT2D eigenvalue weighted by Gasteiger charge is -2.26. The van der Waals surface area contributed by atoms with Gasteiger partial charge in [-0.05, 0) is 38.8 Å². The predicted molar refractivity (Wildman–Crippen MR) is 124 cm³/mol. The zero-order chi connectivity index (χ0) is 22.4. The van der Waals surface area contributed by atoms with E-state index in [4.69, 9.17) is 15.5 Å². The van der Waals surface area contributed by atoms with E-state index in [0.717, 1.165) is 23.7 Å². The minimum atomic E-state index is -0.445. The zero-order valence-electron chi connectivity index (χ0n) is 18.6. The summed E-state index contributed by atoms with van der Waals surface area (Å²) in [6, 6.07) is 7.76. The SMILES string of the molecule is COc1ccccc1N(CCC(N)=O)C(=O)CSc1nc(C)c(C)n1C1CCCCC1. The zero-order valence-corrected chi connectivity index (χ0v) is 19.4. The van der Waals surface area contributed by atoms with E-state index in [-0.39, 0.29) is 24.6 Å². The molecule has 0 atom stereocenters. The number of carbonyl (C=O) groups excluding carboxylic acids is 2. The van der Waals surface area contributed by atoms with E-state index in [9.17, 15) is 9.59 Å². The standard InChI is InChI=1S/C23H32N4O3S/c1-16-17(2)27(18-9-5-4-6-10-18)23(25-16)31-15-22(29)26(14-13-21(24)28)19-11-7-8-12-20(19)30-3/h7-8,11-12,18H,4-6,9-10,13-15H2,1-3H3,(H2,24,28). The van der Waals surface area contributed by atoms with E-state index in [1.165, 1.54) is 36.7 Å². The Kier molecular flexibility index (Phi) is 8.01. The lowest BCUT2D eigenvalue weighted by Crippen LogP contribution is -2.35. The lowest BCUT2D eigenvalue weighted by molar-refractivity contribution is -0.118. The molecular formula is C23H32N4O3S. The summed E-state index contributed by atoms with van der Waals surface area (Å²) >= 11 is 1.46. The van der Waals surface area contributed by atoms with Crippen LogP contribution in [0, 0.1) is 13.8 Å². The van der Waals surface area contributed by atoms with Gasteiger partial charge in [0.25, 0.3) is 0 Å². The number of carbonyl (C=O) groups is 2. The molecule has 8 heteroatoms. The molecule has 1 aliphatic rings. The molecule has 2 aromatic rings. The van der Waals surface area contributed by atoms with Crippen LogP contribution in [0.15, 0.2) is 29.4 Å². The molecule has 0 spiro atoms. The Hall–Kier alpha value is -2.48. The van der Waals surface area contributed by atoms with E-state index < -0.39 is 5.91 Å². The van der Waals surface area contributed by atoms with Gasteiger partial charge in [-0.3, -0.25) is 9.59 Å². The Balaban J connectivity index is 1.79. The Bertz CT molecular complexity index is 922. The molecular weight excluding hydrogens is 412 g/mol. The number of aryl methyl sites for hydroxylation is 1. The van der Waals surface area contributed by atoms with Crippen LogP contribution in [-0.4, -0.2) is 40.8 Å². The van der Waals surface area contributed by atoms with Gasteiger partial charge in [0, 0.05) is 24.7 Å². The molecule has 2 amide bonds. The molecule has 1 aromatic heterocycles. The number of aromatic nitrogens is 2. The molecule has 2 N–H and O–H groups in total. The van der Waals surface area contributed by atoms with E-state index in [2.05, 4.69) is 11.5 Å². The summed E-state index contributed by atoms with van der Waals surface area (Å²) in [5.41, 5.74) is 8.18. The van der Waals surface area contributed by atoms with Crippen LogP contribution in [-0.2, 0) is 9.59 Å². The van der Waals surface area contributed by atoms with Gasteiger partial charge >= 0.3 is 0 Å². The molecule has 7 nitrogen and oxygen atoms in total. The molecule has 0 aliphatic heterocycles. The first-order valence-corrected chi connectivity index (χ1v) is 11.8. The normalized spacial score (nSPS) is 14.4. The number of hydrogen-bond donors (Lipinski definition) is 1. The number of primary amides is 1. The van der Waals surface area contributed by atoms with E-state index in [0.29, 0.717) is 17.5 Å². The van der Waals surface area contributed by atoms with Crippen molar-refractivity contribution in [3.63, 3.8) is 0 Å². The molecule has 0 radical (unpaired) electrons. The third-order valence-corrected chi connectivity index (χ3v) is 6.82. The van der Waals surface area contributed by atoms with Gasteiger partial charge in [0.15, 0.2) is 5.16 Å². The Morgan fingerprint density at radius 3 is 2.61 bits per heavy atom. The van der Waals surface area contributed by atoms with Gasteiger partial charge in [-0.2, -0.15) is 0 Å². The number of rotatable bonds is 9. The number of benzene rings is 1. The molecule has 1 aromatic carbocycles. The second-order valence-corrected chi connectivity index (χ2v) is 8.89. The van der Waals surface area contributed by atoms with Crippen molar-refractivity contribution in [1.29, 1.82) is 0 Å². The van der Waals surface area contributed by atoms with Gasteiger partial charge in [-0.1, -0.05) is 43.2 Å². The fraction of sp³-hybridized carbons (Fsp3) is 0.522. The highest BCUT2D eigenvalue weighted by Crippen LogP contribution is 2.35. The number of nitrogens with zero attached hydrogens (tertiary/aromatic N) is 3. The van der Waals surface area contributed by atoms with Gasteiger partial charge in [0.05, 0.1) is 24.2 Å². The van der Waals surface area contributed by atoms with E-state index in [1.54, 1.807) is 18.1 Å². The highest BCUT2D eigenvalue weighted by molar-refractivity contribution is 7.99. The van der Waals surface area contributed by atoms with Crippen LogP contribution in [0.3, 0.4) is 0 Å². The van der Waals surface area contributed by atoms with Crippen LogP contribution in [0.5, 0.6) is 5.75 Å². The van der Waals surface area contributed by atoms with Gasteiger partial charge in [-0.25, -0.2) is 4.98 Å². The first kappa shape index (κ1) is 23.2. The van der Waals surface area contributed by atoms with Crippen LogP contribution in [0.25, 0.3) is 0 Å². The highest BCUT2D eigenvalue weighted by Gasteiger charge is 2.24. The van der Waals surface area contributed by atoms with Crippen molar-refractivity contribution in [3.05, 3.63) is 35.7 Å². The van der Waals surface area contributed by atoms with Crippen molar-refractivity contribution in [1.82, 2.24) is 9.55 Å². The molecule has 0 bridgehead atoms. The van der Waals surface area contributed by atoms with Crippen LogP contribution in [0.2, 0.25) is 0 Å². The van der Waals surface area contributed by atoms with Crippen molar-refractivity contribution in [3.8, 4) is 5.75 Å². The summed E-state index contributed by atoms with van der Waals surface area (Å²) in [5, 5.41) is 0.894. The van der Waals surface area contributed by atoms with Crippen LogP contribution >= 0.6 is 11.8 Å². The van der Waals surface area contributed by atoms with Crippen LogP contribution < -0.4 is 15.4 Å². The lowest BCUT2D eigenvalue weighted by atomic mass is 9.95. The number of methoxy groups -OCH3 is 1. The van der Waals surface area contributed by atoms with Gasteiger partial charge in [0.1, 0.15) is 5.75 Å². The van der Waals surface area contributed by atoms with Crippen molar-refractivity contribution < 1.29 is 14.3 Å². The smallest absolute Gasteiger partial charge is 0.237 e. The fourth-order valence-corrected chi connectivity index (χ4v) is 5.16. The fourth-order valence-electron chi connectivity index (χ4n) is 4.13. The Morgan fingerprint density at radius 1 is 1.23 bits per heavy atom. The number of imidazole rings is 1. The summed E-state index contributed by atoms with van der Waals surface area (Å²) < 4.78 is 7.75. The topological polar surface area (TPSA) is 90.4 Å². The number of hydrogen-bond acceptors (Lipinski definition) is 5. The maximum Gasteiger partial charge on any atom is 0.237 e. The van der Waals surface area contributed by atoms with Gasteiger partial charge in [-0.15, -0.1) is 0 Å². The monoisotopic (exact) mass is 444 g/mol. The number of para-hydroxylation sites is 2. The summed E-state index contributed by atoms with van der Waals surface area (Å²) in [6.45, 7) is 4.34. The second-order valence-electron chi connectivity index (χ2n) is 7.95. The van der Waals surface area contributed by atoms with Crippen molar-refractivity contribution in [2.75, 3.05) is 24.3 Å². The number of nitrogens with two attached hydrogens (primary N) is 1. The van der Waals surface area contributed by atoms with Crippen molar-refractivity contribution >= 4 is 29.3 Å². The first-order valence-electron chi connectivity index (χ1n) is 10.8. The largest absolute Gasteiger partial charge is 0.495 e. The predicted octanol–water partition coefficient (Wildman–Crippen LogP) is 4.01. The first-order chi connectivity index (χ1) is 14.9. The van der Waals surface area contributed by atoms with Crippen LogP contribution in [0.1, 0.15) is 56.0 Å².